The number of rotatable bonds is 7. The Labute approximate surface area is 191 Å². The number of halogens is 2. The fourth-order valence-electron chi connectivity index (χ4n) is 2.73. The van der Waals surface area contributed by atoms with Gasteiger partial charge in [-0.1, -0.05) is 30.3 Å². The number of ether oxygens (including phenoxy) is 2. The van der Waals surface area contributed by atoms with Crippen LogP contribution in [0.15, 0.2) is 47.6 Å². The normalized spacial score (nSPS) is 14.9. The second kappa shape index (κ2) is 11.1. The number of hydrogen-bond donors (Lipinski definition) is 1. The Hall–Kier alpha value is -1.24. The lowest BCUT2D eigenvalue weighted by Crippen LogP contribution is -2.42. The first-order chi connectivity index (χ1) is 13.6. The van der Waals surface area contributed by atoms with Crippen LogP contribution in [0.1, 0.15) is 11.1 Å². The molecule has 0 bridgehead atoms. The molecule has 2 aromatic rings. The lowest BCUT2D eigenvalue weighted by atomic mass is 10.2. The molecule has 8 heteroatoms. The van der Waals surface area contributed by atoms with E-state index in [1.54, 1.807) is 6.21 Å². The number of nitrogens with zero attached hydrogens (tertiary/aromatic N) is 2. The van der Waals surface area contributed by atoms with E-state index in [9.17, 15) is 4.79 Å². The zero-order valence-electron chi connectivity index (χ0n) is 15.2. The average molecular weight is 605 g/mol. The number of hydrogen-bond acceptors (Lipinski definition) is 5. The Morgan fingerprint density at radius 1 is 1.21 bits per heavy atom. The van der Waals surface area contributed by atoms with Gasteiger partial charge in [-0.3, -0.25) is 9.69 Å². The largest absolute Gasteiger partial charge is 0.487 e. The Morgan fingerprint density at radius 3 is 2.71 bits per heavy atom. The van der Waals surface area contributed by atoms with Crippen molar-refractivity contribution in [3.8, 4) is 5.75 Å². The van der Waals surface area contributed by atoms with Crippen molar-refractivity contribution in [2.24, 2.45) is 5.10 Å². The zero-order chi connectivity index (χ0) is 19.8. The quantitative estimate of drug-likeness (QED) is 0.299. The van der Waals surface area contributed by atoms with Gasteiger partial charge in [0, 0.05) is 22.2 Å². The highest BCUT2D eigenvalue weighted by molar-refractivity contribution is 14.1. The molecule has 148 valence electrons. The van der Waals surface area contributed by atoms with Gasteiger partial charge in [0.25, 0.3) is 5.91 Å². The molecule has 0 radical (unpaired) electrons. The molecule has 1 heterocycles. The van der Waals surface area contributed by atoms with Gasteiger partial charge in [-0.15, -0.1) is 0 Å². The van der Waals surface area contributed by atoms with Crippen molar-refractivity contribution in [1.29, 1.82) is 0 Å². The van der Waals surface area contributed by atoms with E-state index in [1.807, 2.05) is 36.4 Å². The molecule has 2 aromatic carbocycles. The number of carbonyl (C=O) groups is 1. The maximum absolute atomic E-state index is 12.1. The second-order valence-corrected chi connectivity index (χ2v) is 8.67. The molecular weight excluding hydrogens is 584 g/mol. The highest BCUT2D eigenvalue weighted by Gasteiger charge is 2.14. The highest BCUT2D eigenvalue weighted by atomic mass is 127. The summed E-state index contributed by atoms with van der Waals surface area (Å²) < 4.78 is 13.4. The van der Waals surface area contributed by atoms with Crippen LogP contribution < -0.4 is 10.2 Å². The summed E-state index contributed by atoms with van der Waals surface area (Å²) in [6.07, 6.45) is 1.64. The van der Waals surface area contributed by atoms with Crippen molar-refractivity contribution in [2.45, 2.75) is 6.61 Å². The lowest BCUT2D eigenvalue weighted by molar-refractivity contribution is -0.123. The Balaban J connectivity index is 1.63. The maximum atomic E-state index is 12.1. The summed E-state index contributed by atoms with van der Waals surface area (Å²) >= 11 is 4.52. The monoisotopic (exact) mass is 605 g/mol. The van der Waals surface area contributed by atoms with Crippen LogP contribution in [0.25, 0.3) is 0 Å². The van der Waals surface area contributed by atoms with Gasteiger partial charge >= 0.3 is 0 Å². The van der Waals surface area contributed by atoms with Crippen LogP contribution in [0.5, 0.6) is 5.75 Å². The molecule has 0 saturated carbocycles. The summed E-state index contributed by atoms with van der Waals surface area (Å²) in [7, 11) is 0. The zero-order valence-corrected chi connectivity index (χ0v) is 19.6. The fourth-order valence-corrected chi connectivity index (χ4v) is 4.78. The van der Waals surface area contributed by atoms with E-state index in [0.717, 1.165) is 37.1 Å². The van der Waals surface area contributed by atoms with Crippen molar-refractivity contribution in [3.63, 3.8) is 0 Å². The minimum Gasteiger partial charge on any atom is -0.487 e. The van der Waals surface area contributed by atoms with Gasteiger partial charge in [0.2, 0.25) is 0 Å². The van der Waals surface area contributed by atoms with Gasteiger partial charge in [-0.2, -0.15) is 5.10 Å². The van der Waals surface area contributed by atoms with E-state index in [0.29, 0.717) is 26.4 Å². The van der Waals surface area contributed by atoms with Crippen LogP contribution in [0.3, 0.4) is 0 Å². The van der Waals surface area contributed by atoms with Crippen LogP contribution in [0, 0.1) is 7.14 Å². The van der Waals surface area contributed by atoms with Crippen LogP contribution in [0.2, 0.25) is 0 Å². The van der Waals surface area contributed by atoms with Crippen molar-refractivity contribution in [3.05, 3.63) is 60.7 Å². The minimum absolute atomic E-state index is 0.134. The molecule has 1 fully saturated rings. The molecule has 6 nitrogen and oxygen atoms in total. The van der Waals surface area contributed by atoms with Crippen LogP contribution in [-0.4, -0.2) is 49.9 Å². The SMILES string of the molecule is O=C(CN1CCOCC1)N/N=C\c1cc(I)cc(I)c1OCc1ccccc1. The van der Waals surface area contributed by atoms with E-state index < -0.39 is 0 Å². The number of nitrogens with one attached hydrogen (secondary N) is 1. The van der Waals surface area contributed by atoms with Gasteiger partial charge in [0.15, 0.2) is 0 Å². The molecule has 1 amide bonds. The number of hydrazone groups is 1. The van der Waals surface area contributed by atoms with E-state index in [2.05, 4.69) is 66.7 Å². The molecule has 3 rings (SSSR count). The molecule has 28 heavy (non-hydrogen) atoms. The Bertz CT molecular complexity index is 825. The van der Waals surface area contributed by atoms with Gasteiger partial charge in [0.1, 0.15) is 12.4 Å². The predicted molar refractivity (Wildman–Crippen MR) is 126 cm³/mol. The van der Waals surface area contributed by atoms with E-state index in [1.165, 1.54) is 0 Å². The van der Waals surface area contributed by atoms with E-state index >= 15 is 0 Å². The van der Waals surface area contributed by atoms with E-state index in [-0.39, 0.29) is 5.91 Å². The molecule has 0 atom stereocenters. The first kappa shape index (κ1) is 21.5. The smallest absolute Gasteiger partial charge is 0.254 e. The fraction of sp³-hybridized carbons (Fsp3) is 0.300. The molecular formula is C20H21I2N3O3. The molecule has 0 unspecified atom stereocenters. The van der Waals surface area contributed by atoms with Crippen molar-refractivity contribution in [1.82, 2.24) is 10.3 Å². The number of carbonyl (C=O) groups excluding carboxylic acids is 1. The minimum atomic E-state index is -0.134. The van der Waals surface area contributed by atoms with Crippen molar-refractivity contribution in [2.75, 3.05) is 32.8 Å². The topological polar surface area (TPSA) is 63.2 Å². The first-order valence-electron chi connectivity index (χ1n) is 8.89. The summed E-state index contributed by atoms with van der Waals surface area (Å²) in [5, 5.41) is 4.14. The molecule has 0 aromatic heterocycles. The lowest BCUT2D eigenvalue weighted by Gasteiger charge is -2.25. The summed E-state index contributed by atoms with van der Waals surface area (Å²) in [5.41, 5.74) is 4.53. The van der Waals surface area contributed by atoms with Gasteiger partial charge in [-0.05, 0) is 62.9 Å². The second-order valence-electron chi connectivity index (χ2n) is 6.26. The van der Waals surface area contributed by atoms with Gasteiger partial charge in [-0.25, -0.2) is 5.43 Å². The summed E-state index contributed by atoms with van der Waals surface area (Å²) in [4.78, 5) is 14.1. The molecule has 0 aliphatic carbocycles. The van der Waals surface area contributed by atoms with Gasteiger partial charge in [0.05, 0.1) is 29.5 Å². The third-order valence-corrected chi connectivity index (χ3v) is 5.55. The number of morpholine rings is 1. The van der Waals surface area contributed by atoms with E-state index in [4.69, 9.17) is 9.47 Å². The first-order valence-corrected chi connectivity index (χ1v) is 11.1. The third-order valence-electron chi connectivity index (χ3n) is 4.13. The number of amides is 1. The highest BCUT2D eigenvalue weighted by Crippen LogP contribution is 2.28. The van der Waals surface area contributed by atoms with Crippen molar-refractivity contribution >= 4 is 57.3 Å². The van der Waals surface area contributed by atoms with Crippen LogP contribution in [0.4, 0.5) is 0 Å². The predicted octanol–water partition coefficient (Wildman–Crippen LogP) is 3.26. The Kier molecular flexibility index (Phi) is 8.49. The molecule has 1 aliphatic heterocycles. The summed E-state index contributed by atoms with van der Waals surface area (Å²) in [6.45, 7) is 3.66. The van der Waals surface area contributed by atoms with Gasteiger partial charge < -0.3 is 9.47 Å². The standard InChI is InChI=1S/C20H21I2N3O3/c21-17-10-16(12-23-24-19(26)13-25-6-8-27-9-7-25)20(18(22)11-17)28-14-15-4-2-1-3-5-15/h1-5,10-12H,6-9,13-14H2,(H,24,26)/b23-12-. The maximum Gasteiger partial charge on any atom is 0.254 e. The molecule has 0 spiro atoms. The molecule has 1 saturated heterocycles. The van der Waals surface area contributed by atoms with Crippen LogP contribution in [-0.2, 0) is 16.1 Å². The summed E-state index contributed by atoms with van der Waals surface area (Å²) in [6, 6.07) is 14.1. The van der Waals surface area contributed by atoms with Crippen LogP contribution >= 0.6 is 45.2 Å². The average Bonchev–Trinajstić information content (AvgIpc) is 2.69. The molecule has 1 N–H and O–H groups in total. The van der Waals surface area contributed by atoms with Crippen molar-refractivity contribution < 1.29 is 14.3 Å². The molecule has 1 aliphatic rings. The number of benzene rings is 2. The summed E-state index contributed by atoms with van der Waals surface area (Å²) in [5.74, 6) is 0.626. The Morgan fingerprint density at radius 2 is 1.96 bits per heavy atom. The third kappa shape index (κ3) is 6.68.